The molecule has 6 heteroatoms. The number of anilines is 1. The summed E-state index contributed by atoms with van der Waals surface area (Å²) in [6.07, 6.45) is 0.682. The third-order valence-electron chi connectivity index (χ3n) is 4.36. The van der Waals surface area contributed by atoms with E-state index < -0.39 is 11.7 Å². The van der Waals surface area contributed by atoms with Crippen LogP contribution in [-0.2, 0) is 6.42 Å². The van der Waals surface area contributed by atoms with Crippen molar-refractivity contribution in [1.82, 2.24) is 5.32 Å². The average Bonchev–Trinajstić information content (AvgIpc) is 2.74. The van der Waals surface area contributed by atoms with Gasteiger partial charge in [-0.2, -0.15) is 0 Å². The molecule has 0 aliphatic heterocycles. The Labute approximate surface area is 168 Å². The second-order valence-corrected chi connectivity index (χ2v) is 6.34. The Morgan fingerprint density at radius 3 is 2.41 bits per heavy atom. The number of hydrogen-bond donors (Lipinski definition) is 2. The predicted molar refractivity (Wildman–Crippen MR) is 110 cm³/mol. The molecule has 148 valence electrons. The van der Waals surface area contributed by atoms with Gasteiger partial charge in [-0.25, -0.2) is 4.39 Å². The summed E-state index contributed by atoms with van der Waals surface area (Å²) in [5.74, 6) is -1.05. The molecular formula is C23H21FN2O3. The first-order valence-corrected chi connectivity index (χ1v) is 9.14. The number of methoxy groups -OCH3 is 1. The monoisotopic (exact) mass is 392 g/mol. The molecule has 0 heterocycles. The summed E-state index contributed by atoms with van der Waals surface area (Å²) in [6, 6.07) is 20.0. The first-order chi connectivity index (χ1) is 14.1. The van der Waals surface area contributed by atoms with Crippen LogP contribution >= 0.6 is 0 Å². The molecule has 3 aromatic rings. The molecule has 0 saturated heterocycles. The lowest BCUT2D eigenvalue weighted by atomic mass is 10.1. The molecule has 0 aliphatic carbocycles. The molecule has 0 bridgehead atoms. The van der Waals surface area contributed by atoms with Crippen LogP contribution < -0.4 is 15.4 Å². The molecule has 3 aromatic carbocycles. The number of amides is 2. The van der Waals surface area contributed by atoms with E-state index in [1.165, 1.54) is 25.3 Å². The van der Waals surface area contributed by atoms with Crippen molar-refractivity contribution in [2.75, 3.05) is 19.0 Å². The normalized spacial score (nSPS) is 10.3. The molecule has 5 nitrogen and oxygen atoms in total. The fraction of sp³-hybridized carbons (Fsp3) is 0.130. The van der Waals surface area contributed by atoms with Crippen molar-refractivity contribution in [1.29, 1.82) is 0 Å². The van der Waals surface area contributed by atoms with E-state index in [0.29, 0.717) is 18.7 Å². The number of carbonyl (C=O) groups is 2. The zero-order chi connectivity index (χ0) is 20.6. The topological polar surface area (TPSA) is 67.4 Å². The van der Waals surface area contributed by atoms with E-state index in [-0.39, 0.29) is 22.7 Å². The van der Waals surface area contributed by atoms with Gasteiger partial charge >= 0.3 is 0 Å². The minimum atomic E-state index is -0.535. The first-order valence-electron chi connectivity index (χ1n) is 9.14. The molecule has 0 aliphatic rings. The van der Waals surface area contributed by atoms with Crippen molar-refractivity contribution >= 4 is 17.5 Å². The summed E-state index contributed by atoms with van der Waals surface area (Å²) in [7, 11) is 1.45. The van der Waals surface area contributed by atoms with Gasteiger partial charge in [-0.05, 0) is 42.3 Å². The highest BCUT2D eigenvalue weighted by Gasteiger charge is 2.18. The van der Waals surface area contributed by atoms with Crippen LogP contribution in [0, 0.1) is 5.82 Å². The van der Waals surface area contributed by atoms with Gasteiger partial charge in [0.25, 0.3) is 11.8 Å². The molecule has 0 radical (unpaired) electrons. The minimum Gasteiger partial charge on any atom is -0.495 e. The van der Waals surface area contributed by atoms with Gasteiger partial charge in [-0.15, -0.1) is 0 Å². The van der Waals surface area contributed by atoms with Crippen LogP contribution in [0.4, 0.5) is 10.1 Å². The Morgan fingerprint density at radius 2 is 1.69 bits per heavy atom. The summed E-state index contributed by atoms with van der Waals surface area (Å²) >= 11 is 0. The number of ether oxygens (including phenoxy) is 1. The maximum atomic E-state index is 13.4. The molecule has 0 unspecified atom stereocenters. The van der Waals surface area contributed by atoms with Crippen molar-refractivity contribution in [2.24, 2.45) is 0 Å². The van der Waals surface area contributed by atoms with Crippen LogP contribution in [-0.4, -0.2) is 25.5 Å². The number of nitrogens with one attached hydrogen (secondary N) is 2. The fourth-order valence-corrected chi connectivity index (χ4v) is 2.90. The largest absolute Gasteiger partial charge is 0.495 e. The van der Waals surface area contributed by atoms with E-state index in [1.807, 2.05) is 30.3 Å². The van der Waals surface area contributed by atoms with E-state index >= 15 is 0 Å². The third-order valence-corrected chi connectivity index (χ3v) is 4.36. The average molecular weight is 392 g/mol. The highest BCUT2D eigenvalue weighted by Crippen LogP contribution is 2.29. The second kappa shape index (κ2) is 9.50. The van der Waals surface area contributed by atoms with E-state index in [9.17, 15) is 14.0 Å². The molecule has 2 amide bonds. The van der Waals surface area contributed by atoms with Crippen molar-refractivity contribution in [2.45, 2.75) is 6.42 Å². The number of halogens is 1. The van der Waals surface area contributed by atoms with Crippen molar-refractivity contribution in [3.05, 3.63) is 95.3 Å². The summed E-state index contributed by atoms with van der Waals surface area (Å²) in [5.41, 5.74) is 1.76. The van der Waals surface area contributed by atoms with Crippen LogP contribution in [0.1, 0.15) is 26.3 Å². The quantitative estimate of drug-likeness (QED) is 0.637. The van der Waals surface area contributed by atoms with Gasteiger partial charge in [-0.1, -0.05) is 42.5 Å². The van der Waals surface area contributed by atoms with E-state index in [4.69, 9.17) is 4.74 Å². The summed E-state index contributed by atoms with van der Waals surface area (Å²) in [4.78, 5) is 25.3. The lowest BCUT2D eigenvalue weighted by Gasteiger charge is -2.15. The zero-order valence-corrected chi connectivity index (χ0v) is 15.9. The maximum Gasteiger partial charge on any atom is 0.255 e. The van der Waals surface area contributed by atoms with Gasteiger partial charge < -0.3 is 15.4 Å². The molecule has 29 heavy (non-hydrogen) atoms. The van der Waals surface area contributed by atoms with Crippen molar-refractivity contribution in [3.63, 3.8) is 0 Å². The smallest absolute Gasteiger partial charge is 0.255 e. The van der Waals surface area contributed by atoms with Crippen LogP contribution in [0.25, 0.3) is 0 Å². The van der Waals surface area contributed by atoms with Gasteiger partial charge in [-0.3, -0.25) is 9.59 Å². The maximum absolute atomic E-state index is 13.4. The lowest BCUT2D eigenvalue weighted by Crippen LogP contribution is -2.27. The number of carbonyl (C=O) groups excluding carboxylic acids is 2. The Morgan fingerprint density at radius 1 is 0.931 bits per heavy atom. The Hall–Kier alpha value is -3.67. The van der Waals surface area contributed by atoms with Gasteiger partial charge in [0.1, 0.15) is 11.6 Å². The Bertz CT molecular complexity index is 1010. The first kappa shape index (κ1) is 20.1. The van der Waals surface area contributed by atoms with Crippen LogP contribution in [0.2, 0.25) is 0 Å². The molecule has 2 N–H and O–H groups in total. The number of para-hydroxylation sites is 1. The third kappa shape index (κ3) is 5.19. The zero-order valence-electron chi connectivity index (χ0n) is 15.9. The van der Waals surface area contributed by atoms with Gasteiger partial charge in [0.2, 0.25) is 0 Å². The van der Waals surface area contributed by atoms with Gasteiger partial charge in [0.05, 0.1) is 18.4 Å². The number of rotatable bonds is 7. The van der Waals surface area contributed by atoms with Crippen molar-refractivity contribution in [3.8, 4) is 5.75 Å². The van der Waals surface area contributed by atoms with E-state index in [1.54, 1.807) is 18.2 Å². The van der Waals surface area contributed by atoms with Crippen molar-refractivity contribution < 1.29 is 18.7 Å². The highest BCUT2D eigenvalue weighted by molar-refractivity contribution is 6.10. The fourth-order valence-electron chi connectivity index (χ4n) is 2.90. The van der Waals surface area contributed by atoms with E-state index in [2.05, 4.69) is 10.6 Å². The number of benzene rings is 3. The minimum absolute atomic E-state index is 0.145. The molecule has 0 spiro atoms. The summed E-state index contributed by atoms with van der Waals surface area (Å²) < 4.78 is 18.7. The molecular weight excluding hydrogens is 371 g/mol. The van der Waals surface area contributed by atoms with Crippen LogP contribution in [0.3, 0.4) is 0 Å². The Balaban J connectivity index is 1.76. The standard InChI is InChI=1S/C23H21FN2O3/c1-29-20-12-6-11-19(23(28)25-14-13-16-7-3-2-4-8-16)21(20)26-22(27)17-9-5-10-18(24)15-17/h2-12,15H,13-14H2,1H3,(H,25,28)(H,26,27). The molecule has 0 atom stereocenters. The highest BCUT2D eigenvalue weighted by atomic mass is 19.1. The molecule has 0 aromatic heterocycles. The SMILES string of the molecule is COc1cccc(C(=O)NCCc2ccccc2)c1NC(=O)c1cccc(F)c1. The molecule has 0 saturated carbocycles. The second-order valence-electron chi connectivity index (χ2n) is 6.34. The summed E-state index contributed by atoms with van der Waals surface area (Å²) in [6.45, 7) is 0.442. The Kier molecular flexibility index (Phi) is 6.58. The molecule has 3 rings (SSSR count). The van der Waals surface area contributed by atoms with Gasteiger partial charge in [0.15, 0.2) is 0 Å². The predicted octanol–water partition coefficient (Wildman–Crippen LogP) is 4.06. The summed E-state index contributed by atoms with van der Waals surface area (Å²) in [5, 5.41) is 5.53. The number of hydrogen-bond acceptors (Lipinski definition) is 3. The van der Waals surface area contributed by atoms with Crippen LogP contribution in [0.15, 0.2) is 72.8 Å². The van der Waals surface area contributed by atoms with Gasteiger partial charge in [0, 0.05) is 12.1 Å². The lowest BCUT2D eigenvalue weighted by molar-refractivity contribution is 0.0954. The van der Waals surface area contributed by atoms with E-state index in [0.717, 1.165) is 11.6 Å². The van der Waals surface area contributed by atoms with Crippen LogP contribution in [0.5, 0.6) is 5.75 Å². The molecule has 0 fully saturated rings.